The number of hydrogen-bond donors (Lipinski definition) is 2. The SMILES string of the molecule is CCc1c(C)sc(NC(=S)Nc2cccc(C(=O)OC)c2)c1C(=O)OC. The lowest BCUT2D eigenvalue weighted by atomic mass is 10.1. The van der Waals surface area contributed by atoms with Crippen molar-refractivity contribution in [1.82, 2.24) is 0 Å². The van der Waals surface area contributed by atoms with E-state index in [0.717, 1.165) is 16.9 Å². The first-order valence-electron chi connectivity index (χ1n) is 7.88. The van der Waals surface area contributed by atoms with Crippen LogP contribution in [0.15, 0.2) is 24.3 Å². The van der Waals surface area contributed by atoms with Gasteiger partial charge in [0.1, 0.15) is 5.00 Å². The van der Waals surface area contributed by atoms with Crippen LogP contribution in [0.2, 0.25) is 0 Å². The first kappa shape index (κ1) is 19.9. The van der Waals surface area contributed by atoms with E-state index in [-0.39, 0.29) is 0 Å². The fraction of sp³-hybridized carbons (Fsp3) is 0.278. The van der Waals surface area contributed by atoms with E-state index in [1.54, 1.807) is 24.3 Å². The summed E-state index contributed by atoms with van der Waals surface area (Å²) in [5.74, 6) is -0.828. The molecule has 2 rings (SSSR count). The maximum Gasteiger partial charge on any atom is 0.341 e. The van der Waals surface area contributed by atoms with Crippen LogP contribution in [0.3, 0.4) is 0 Å². The van der Waals surface area contributed by atoms with Crippen molar-refractivity contribution in [3.63, 3.8) is 0 Å². The number of ether oxygens (including phenoxy) is 2. The second-order valence-electron chi connectivity index (χ2n) is 5.34. The highest BCUT2D eigenvalue weighted by Crippen LogP contribution is 2.34. The Bertz CT molecular complexity index is 846. The van der Waals surface area contributed by atoms with Gasteiger partial charge in [-0.05, 0) is 49.3 Å². The van der Waals surface area contributed by atoms with Crippen molar-refractivity contribution in [3.05, 3.63) is 45.8 Å². The molecular formula is C18H20N2O4S2. The highest BCUT2D eigenvalue weighted by atomic mass is 32.1. The third-order valence-corrected chi connectivity index (χ3v) is 4.99. The highest BCUT2D eigenvalue weighted by molar-refractivity contribution is 7.80. The standard InChI is InChI=1S/C18H20N2O4S2/c1-5-13-10(2)26-15(14(13)17(22)24-4)20-18(25)19-12-8-6-7-11(9-12)16(21)23-3/h6-9H,5H2,1-4H3,(H2,19,20,25). The number of anilines is 2. The zero-order valence-corrected chi connectivity index (χ0v) is 16.6. The van der Waals surface area contributed by atoms with E-state index in [0.29, 0.717) is 26.9 Å². The maximum atomic E-state index is 12.1. The molecule has 26 heavy (non-hydrogen) atoms. The Labute approximate surface area is 161 Å². The molecular weight excluding hydrogens is 372 g/mol. The molecule has 1 aromatic carbocycles. The minimum absolute atomic E-state index is 0.307. The number of nitrogens with one attached hydrogen (secondary N) is 2. The number of carbonyl (C=O) groups is 2. The zero-order chi connectivity index (χ0) is 19.3. The maximum absolute atomic E-state index is 12.1. The van der Waals surface area contributed by atoms with Gasteiger partial charge in [-0.2, -0.15) is 0 Å². The third-order valence-electron chi connectivity index (χ3n) is 3.72. The fourth-order valence-corrected chi connectivity index (χ4v) is 3.94. The number of methoxy groups -OCH3 is 2. The molecule has 0 radical (unpaired) electrons. The average Bonchev–Trinajstić information content (AvgIpc) is 2.95. The van der Waals surface area contributed by atoms with Crippen molar-refractivity contribution >= 4 is 51.3 Å². The van der Waals surface area contributed by atoms with Gasteiger partial charge in [0.25, 0.3) is 0 Å². The molecule has 0 aliphatic rings. The van der Waals surface area contributed by atoms with Gasteiger partial charge in [0.05, 0.1) is 25.3 Å². The van der Waals surface area contributed by atoms with Gasteiger partial charge in [-0.25, -0.2) is 9.59 Å². The summed E-state index contributed by atoms with van der Waals surface area (Å²) in [4.78, 5) is 24.8. The van der Waals surface area contributed by atoms with E-state index in [1.807, 2.05) is 13.8 Å². The Morgan fingerprint density at radius 2 is 1.85 bits per heavy atom. The fourth-order valence-electron chi connectivity index (χ4n) is 2.52. The number of aryl methyl sites for hydroxylation is 1. The van der Waals surface area contributed by atoms with Crippen LogP contribution in [0, 0.1) is 6.92 Å². The first-order valence-corrected chi connectivity index (χ1v) is 9.10. The number of thiocarbonyl (C=S) groups is 1. The summed E-state index contributed by atoms with van der Waals surface area (Å²) >= 11 is 6.79. The summed E-state index contributed by atoms with van der Waals surface area (Å²) in [6.45, 7) is 3.94. The molecule has 0 saturated carbocycles. The largest absolute Gasteiger partial charge is 0.465 e. The van der Waals surface area contributed by atoms with Gasteiger partial charge in [-0.3, -0.25) is 0 Å². The van der Waals surface area contributed by atoms with Crippen LogP contribution in [0.1, 0.15) is 38.1 Å². The van der Waals surface area contributed by atoms with E-state index < -0.39 is 11.9 Å². The Balaban J connectivity index is 2.21. The van der Waals surface area contributed by atoms with Crippen LogP contribution in [0.4, 0.5) is 10.7 Å². The molecule has 1 heterocycles. The molecule has 2 N–H and O–H groups in total. The van der Waals surface area contributed by atoms with Crippen LogP contribution in [0.5, 0.6) is 0 Å². The van der Waals surface area contributed by atoms with E-state index in [2.05, 4.69) is 10.6 Å². The minimum atomic E-state index is -0.429. The van der Waals surface area contributed by atoms with Crippen molar-refractivity contribution < 1.29 is 19.1 Å². The monoisotopic (exact) mass is 392 g/mol. The van der Waals surface area contributed by atoms with Crippen LogP contribution in [-0.2, 0) is 15.9 Å². The van der Waals surface area contributed by atoms with Gasteiger partial charge in [0.2, 0.25) is 0 Å². The van der Waals surface area contributed by atoms with Gasteiger partial charge < -0.3 is 20.1 Å². The molecule has 0 fully saturated rings. The lowest BCUT2D eigenvalue weighted by Crippen LogP contribution is -2.20. The first-order chi connectivity index (χ1) is 12.4. The summed E-state index contributed by atoms with van der Waals surface area (Å²) in [7, 11) is 2.68. The molecule has 0 atom stereocenters. The molecule has 0 saturated heterocycles. The van der Waals surface area contributed by atoms with Crippen LogP contribution >= 0.6 is 23.6 Å². The molecule has 0 bridgehead atoms. The van der Waals surface area contributed by atoms with Crippen molar-refractivity contribution in [2.24, 2.45) is 0 Å². The molecule has 8 heteroatoms. The van der Waals surface area contributed by atoms with E-state index in [9.17, 15) is 9.59 Å². The summed E-state index contributed by atoms with van der Waals surface area (Å²) in [5, 5.41) is 7.00. The number of hydrogen-bond acceptors (Lipinski definition) is 6. The number of rotatable bonds is 5. The van der Waals surface area contributed by atoms with Gasteiger partial charge in [0.15, 0.2) is 5.11 Å². The van der Waals surface area contributed by atoms with Crippen molar-refractivity contribution in [3.8, 4) is 0 Å². The highest BCUT2D eigenvalue weighted by Gasteiger charge is 2.22. The summed E-state index contributed by atoms with van der Waals surface area (Å²) < 4.78 is 9.61. The molecule has 1 aromatic heterocycles. The lowest BCUT2D eigenvalue weighted by molar-refractivity contribution is 0.0592. The van der Waals surface area contributed by atoms with E-state index in [1.165, 1.54) is 25.6 Å². The quantitative estimate of drug-likeness (QED) is 0.588. The van der Waals surface area contributed by atoms with Crippen molar-refractivity contribution in [2.75, 3.05) is 24.9 Å². The Morgan fingerprint density at radius 1 is 1.15 bits per heavy atom. The van der Waals surface area contributed by atoms with Gasteiger partial charge in [-0.15, -0.1) is 11.3 Å². The molecule has 6 nitrogen and oxygen atoms in total. The van der Waals surface area contributed by atoms with Gasteiger partial charge in [0, 0.05) is 10.6 Å². The Morgan fingerprint density at radius 3 is 2.46 bits per heavy atom. The zero-order valence-electron chi connectivity index (χ0n) is 15.0. The number of carbonyl (C=O) groups excluding carboxylic acids is 2. The van der Waals surface area contributed by atoms with Crippen LogP contribution < -0.4 is 10.6 Å². The predicted molar refractivity (Wildman–Crippen MR) is 107 cm³/mol. The van der Waals surface area contributed by atoms with Crippen LogP contribution in [-0.4, -0.2) is 31.3 Å². The molecule has 138 valence electrons. The average molecular weight is 393 g/mol. The third kappa shape index (κ3) is 4.39. The topological polar surface area (TPSA) is 76.7 Å². The van der Waals surface area contributed by atoms with Gasteiger partial charge >= 0.3 is 11.9 Å². The Hall–Kier alpha value is -2.45. The predicted octanol–water partition coefficient (Wildman–Crippen LogP) is 4.00. The molecule has 0 unspecified atom stereocenters. The van der Waals surface area contributed by atoms with Crippen LogP contribution in [0.25, 0.3) is 0 Å². The van der Waals surface area contributed by atoms with E-state index >= 15 is 0 Å². The second-order valence-corrected chi connectivity index (χ2v) is 6.97. The molecule has 2 aromatic rings. The number of esters is 2. The summed E-state index contributed by atoms with van der Waals surface area (Å²) in [5.41, 5.74) is 2.49. The van der Waals surface area contributed by atoms with Crippen molar-refractivity contribution in [1.29, 1.82) is 0 Å². The van der Waals surface area contributed by atoms with Crippen molar-refractivity contribution in [2.45, 2.75) is 20.3 Å². The minimum Gasteiger partial charge on any atom is -0.465 e. The normalized spacial score (nSPS) is 10.2. The number of thiophene rings is 1. The molecule has 0 aliphatic carbocycles. The molecule has 0 aliphatic heterocycles. The number of benzene rings is 1. The smallest absolute Gasteiger partial charge is 0.341 e. The Kier molecular flexibility index (Phi) is 6.70. The summed E-state index contributed by atoms with van der Waals surface area (Å²) in [6, 6.07) is 6.79. The molecule has 0 spiro atoms. The lowest BCUT2D eigenvalue weighted by Gasteiger charge is -2.11. The van der Waals surface area contributed by atoms with Gasteiger partial charge in [-0.1, -0.05) is 13.0 Å². The second kappa shape index (κ2) is 8.77. The molecule has 0 amide bonds. The van der Waals surface area contributed by atoms with E-state index in [4.69, 9.17) is 21.7 Å². The summed E-state index contributed by atoms with van der Waals surface area (Å²) in [6.07, 6.45) is 0.718.